The van der Waals surface area contributed by atoms with Crippen LogP contribution in [0.25, 0.3) is 0 Å². The van der Waals surface area contributed by atoms with E-state index in [0.717, 1.165) is 47.7 Å². The molecule has 0 saturated carbocycles. The van der Waals surface area contributed by atoms with E-state index in [1.807, 2.05) is 30.6 Å². The zero-order chi connectivity index (χ0) is 31.9. The van der Waals surface area contributed by atoms with E-state index in [1.54, 1.807) is 27.9 Å². The lowest BCUT2D eigenvalue weighted by atomic mass is 9.97. The number of benzene rings is 1. The maximum Gasteiger partial charge on any atom is 0.407 e. The van der Waals surface area contributed by atoms with Gasteiger partial charge in [-0.1, -0.05) is 71.4 Å². The summed E-state index contributed by atoms with van der Waals surface area (Å²) in [6.45, 7) is 12.1. The first-order valence-corrected chi connectivity index (χ1v) is 17.4. The lowest BCUT2D eigenvalue weighted by Crippen LogP contribution is -2.51. The van der Waals surface area contributed by atoms with Crippen molar-refractivity contribution in [2.45, 2.75) is 104 Å². The van der Waals surface area contributed by atoms with Crippen molar-refractivity contribution in [3.63, 3.8) is 0 Å². The number of amides is 3. The monoisotopic (exact) mass is 642 g/mol. The SMILES string of the molecule is CCC[C@@H](CC[C@H](Cc1ccccc1)NC(=O)OCc1cncs1)NC[C@@H](NC(=O)N(C)Cc1csc(C(C)C)n1)C(C)C. The Kier molecular flexibility index (Phi) is 15.1. The third-order valence-corrected chi connectivity index (χ3v) is 9.47. The molecular formula is C33H50N6O3S2. The number of nitrogens with zero attached hydrogens (tertiary/aromatic N) is 3. The van der Waals surface area contributed by atoms with Crippen LogP contribution in [0.3, 0.4) is 0 Å². The van der Waals surface area contributed by atoms with Crippen LogP contribution >= 0.6 is 22.7 Å². The summed E-state index contributed by atoms with van der Waals surface area (Å²) < 4.78 is 5.48. The van der Waals surface area contributed by atoms with E-state index < -0.39 is 6.09 Å². The first-order valence-electron chi connectivity index (χ1n) is 15.7. The molecule has 0 aliphatic heterocycles. The van der Waals surface area contributed by atoms with Crippen LogP contribution < -0.4 is 16.0 Å². The highest BCUT2D eigenvalue weighted by Crippen LogP contribution is 2.20. The molecule has 0 unspecified atom stereocenters. The lowest BCUT2D eigenvalue weighted by Gasteiger charge is -2.29. The van der Waals surface area contributed by atoms with Gasteiger partial charge in [0, 0.05) is 49.2 Å². The summed E-state index contributed by atoms with van der Waals surface area (Å²) >= 11 is 3.11. The minimum atomic E-state index is -0.413. The normalized spacial score (nSPS) is 13.5. The van der Waals surface area contributed by atoms with Crippen molar-refractivity contribution in [1.82, 2.24) is 30.8 Å². The van der Waals surface area contributed by atoms with E-state index in [0.29, 0.717) is 19.0 Å². The second kappa shape index (κ2) is 18.7. The van der Waals surface area contributed by atoms with E-state index in [-0.39, 0.29) is 36.7 Å². The minimum Gasteiger partial charge on any atom is -0.444 e. The first kappa shape index (κ1) is 35.5. The fourth-order valence-corrected chi connectivity index (χ4v) is 6.20. The van der Waals surface area contributed by atoms with Crippen LogP contribution in [0.2, 0.25) is 0 Å². The molecule has 9 nitrogen and oxygen atoms in total. The molecule has 44 heavy (non-hydrogen) atoms. The van der Waals surface area contributed by atoms with Crippen LogP contribution in [0.5, 0.6) is 0 Å². The molecule has 0 aliphatic rings. The zero-order valence-electron chi connectivity index (χ0n) is 27.0. The van der Waals surface area contributed by atoms with Gasteiger partial charge < -0.3 is 25.6 Å². The smallest absolute Gasteiger partial charge is 0.407 e. The molecule has 3 aromatic rings. The largest absolute Gasteiger partial charge is 0.444 e. The number of hydrogen-bond donors (Lipinski definition) is 3. The Hall–Kier alpha value is -3.02. The highest BCUT2D eigenvalue weighted by Gasteiger charge is 2.22. The highest BCUT2D eigenvalue weighted by atomic mass is 32.1. The fraction of sp³-hybridized carbons (Fsp3) is 0.576. The van der Waals surface area contributed by atoms with Crippen molar-refractivity contribution in [2.75, 3.05) is 13.6 Å². The number of aromatic nitrogens is 2. The van der Waals surface area contributed by atoms with Gasteiger partial charge >= 0.3 is 12.1 Å². The van der Waals surface area contributed by atoms with Crippen LogP contribution in [0.15, 0.2) is 47.4 Å². The number of ether oxygens (including phenoxy) is 1. The summed E-state index contributed by atoms with van der Waals surface area (Å²) in [6.07, 6.45) is 5.77. The van der Waals surface area contributed by atoms with Crippen LogP contribution in [0.4, 0.5) is 9.59 Å². The quantitative estimate of drug-likeness (QED) is 0.138. The Morgan fingerprint density at radius 2 is 1.75 bits per heavy atom. The minimum absolute atomic E-state index is 0.0223. The topological polar surface area (TPSA) is 108 Å². The number of urea groups is 1. The van der Waals surface area contributed by atoms with Gasteiger partial charge in [0.15, 0.2) is 0 Å². The Morgan fingerprint density at radius 1 is 1.00 bits per heavy atom. The molecule has 2 aromatic heterocycles. The van der Waals surface area contributed by atoms with E-state index >= 15 is 0 Å². The summed E-state index contributed by atoms with van der Waals surface area (Å²) in [4.78, 5) is 37.1. The van der Waals surface area contributed by atoms with Crippen molar-refractivity contribution in [3.8, 4) is 0 Å². The van der Waals surface area contributed by atoms with E-state index in [1.165, 1.54) is 16.9 Å². The van der Waals surface area contributed by atoms with Gasteiger partial charge in [-0.25, -0.2) is 14.6 Å². The summed E-state index contributed by atoms with van der Waals surface area (Å²) in [5.74, 6) is 0.641. The highest BCUT2D eigenvalue weighted by molar-refractivity contribution is 7.09. The lowest BCUT2D eigenvalue weighted by molar-refractivity contribution is 0.135. The molecule has 0 aliphatic carbocycles. The molecule has 0 spiro atoms. The predicted molar refractivity (Wildman–Crippen MR) is 180 cm³/mol. The average molecular weight is 643 g/mol. The number of hydrogen-bond acceptors (Lipinski definition) is 8. The Balaban J connectivity index is 1.54. The van der Waals surface area contributed by atoms with Crippen molar-refractivity contribution in [3.05, 3.63) is 68.6 Å². The van der Waals surface area contributed by atoms with Crippen molar-refractivity contribution in [1.29, 1.82) is 0 Å². The molecule has 3 atom stereocenters. The van der Waals surface area contributed by atoms with Gasteiger partial charge in [0.05, 0.1) is 27.6 Å². The summed E-state index contributed by atoms with van der Waals surface area (Å²) in [7, 11) is 1.82. The molecule has 2 heterocycles. The first-order chi connectivity index (χ1) is 21.1. The molecule has 3 rings (SSSR count). The van der Waals surface area contributed by atoms with E-state index in [9.17, 15) is 9.59 Å². The maximum absolute atomic E-state index is 13.1. The number of carbonyl (C=O) groups excluding carboxylic acids is 2. The number of thiazole rings is 2. The predicted octanol–water partition coefficient (Wildman–Crippen LogP) is 6.97. The van der Waals surface area contributed by atoms with Crippen molar-refractivity contribution < 1.29 is 14.3 Å². The van der Waals surface area contributed by atoms with Crippen LogP contribution in [-0.4, -0.2) is 58.7 Å². The second-order valence-electron chi connectivity index (χ2n) is 12.0. The second-order valence-corrected chi connectivity index (χ2v) is 13.9. The van der Waals surface area contributed by atoms with Crippen LogP contribution in [0, 0.1) is 5.92 Å². The summed E-state index contributed by atoms with van der Waals surface area (Å²) in [5, 5.41) is 13.2. The van der Waals surface area contributed by atoms with Gasteiger partial charge in [0.2, 0.25) is 0 Å². The summed E-state index contributed by atoms with van der Waals surface area (Å²) in [6, 6.07) is 10.3. The van der Waals surface area contributed by atoms with E-state index in [2.05, 4.69) is 72.7 Å². The molecule has 0 bridgehead atoms. The molecule has 11 heteroatoms. The molecule has 0 saturated heterocycles. The standard InChI is InChI=1S/C33H50N6O3S2/c1-7-11-26(35-18-30(23(2)3)38-32(40)39(6)19-28-21-43-31(36-28)24(4)5)14-15-27(16-25-12-9-8-10-13-25)37-33(41)42-20-29-17-34-22-44-29/h8-10,12-13,17,21-24,26-27,30,35H,7,11,14-16,18-20H2,1-6H3,(H,37,41)(H,38,40)/t26-,27+,30+/m0/s1. The summed E-state index contributed by atoms with van der Waals surface area (Å²) in [5.41, 5.74) is 3.82. The molecule has 1 aromatic carbocycles. The molecule has 3 amide bonds. The van der Waals surface area contributed by atoms with Gasteiger partial charge in [-0.15, -0.1) is 22.7 Å². The number of rotatable bonds is 18. The van der Waals surface area contributed by atoms with Gasteiger partial charge in [0.25, 0.3) is 0 Å². The van der Waals surface area contributed by atoms with Crippen molar-refractivity contribution >= 4 is 34.8 Å². The van der Waals surface area contributed by atoms with Gasteiger partial charge in [-0.05, 0) is 37.2 Å². The number of carbonyl (C=O) groups is 2. The molecule has 242 valence electrons. The number of alkyl carbamates (subject to hydrolysis) is 1. The van der Waals surface area contributed by atoms with Gasteiger partial charge in [0.1, 0.15) is 6.61 Å². The third-order valence-electron chi connectivity index (χ3n) is 7.53. The molecule has 0 fully saturated rings. The Labute approximate surface area is 271 Å². The Bertz CT molecular complexity index is 1240. The van der Waals surface area contributed by atoms with Gasteiger partial charge in [-0.2, -0.15) is 0 Å². The fourth-order valence-electron chi connectivity index (χ4n) is 4.87. The van der Waals surface area contributed by atoms with Gasteiger partial charge in [-0.3, -0.25) is 4.98 Å². The third kappa shape index (κ3) is 12.5. The zero-order valence-corrected chi connectivity index (χ0v) is 28.7. The van der Waals surface area contributed by atoms with Crippen LogP contribution in [-0.2, 0) is 24.3 Å². The Morgan fingerprint density at radius 3 is 2.39 bits per heavy atom. The average Bonchev–Trinajstić information content (AvgIpc) is 3.69. The number of nitrogens with one attached hydrogen (secondary N) is 3. The molecule has 3 N–H and O–H groups in total. The van der Waals surface area contributed by atoms with Crippen molar-refractivity contribution in [2.24, 2.45) is 5.92 Å². The molecule has 0 radical (unpaired) electrons. The van der Waals surface area contributed by atoms with Crippen LogP contribution in [0.1, 0.15) is 87.4 Å². The maximum atomic E-state index is 13.1. The molecular weight excluding hydrogens is 593 g/mol. The van der Waals surface area contributed by atoms with E-state index in [4.69, 9.17) is 4.74 Å².